The first kappa shape index (κ1) is 14.7. The smallest absolute Gasteiger partial charge is 0.337 e. The Labute approximate surface area is 109 Å². The van der Waals surface area contributed by atoms with Gasteiger partial charge in [-0.1, -0.05) is 18.5 Å². The molecule has 0 aromatic carbocycles. The van der Waals surface area contributed by atoms with Gasteiger partial charge in [0.25, 0.3) is 0 Å². The maximum atomic E-state index is 10.9. The number of aliphatic hydroxyl groups excluding tert-OH is 2. The lowest BCUT2D eigenvalue weighted by molar-refractivity contribution is 0.0697. The third-order valence-corrected chi connectivity index (χ3v) is 3.17. The van der Waals surface area contributed by atoms with Crippen LogP contribution < -0.4 is 5.32 Å². The van der Waals surface area contributed by atoms with E-state index in [1.54, 1.807) is 6.92 Å². The summed E-state index contributed by atoms with van der Waals surface area (Å²) in [6.45, 7) is 1.12. The Kier molecular flexibility index (Phi) is 4.89. The summed E-state index contributed by atoms with van der Waals surface area (Å²) in [5.74, 6) is -1.04. The van der Waals surface area contributed by atoms with Gasteiger partial charge in [0, 0.05) is 6.20 Å². The van der Waals surface area contributed by atoms with E-state index in [2.05, 4.69) is 10.3 Å². The van der Waals surface area contributed by atoms with Crippen molar-refractivity contribution >= 4 is 23.4 Å². The second-order valence-electron chi connectivity index (χ2n) is 3.90. The minimum atomic E-state index is -1.17. The largest absolute Gasteiger partial charge is 0.478 e. The molecule has 0 saturated carbocycles. The predicted molar refractivity (Wildman–Crippen MR) is 67.0 cm³/mol. The maximum absolute atomic E-state index is 10.9. The molecule has 100 valence electrons. The number of pyridine rings is 1. The molecule has 6 nitrogen and oxygen atoms in total. The van der Waals surface area contributed by atoms with Gasteiger partial charge in [-0.05, 0) is 12.5 Å². The number of hydrogen-bond donors (Lipinski definition) is 4. The van der Waals surface area contributed by atoms with E-state index in [1.807, 2.05) is 0 Å². The number of carboxylic acid groups (broad SMARTS) is 1. The molecular weight excluding hydrogens is 260 g/mol. The lowest BCUT2D eigenvalue weighted by Gasteiger charge is -2.30. The van der Waals surface area contributed by atoms with Gasteiger partial charge >= 0.3 is 5.97 Å². The fourth-order valence-electron chi connectivity index (χ4n) is 1.39. The van der Waals surface area contributed by atoms with Crippen LogP contribution in [0.5, 0.6) is 0 Å². The van der Waals surface area contributed by atoms with Gasteiger partial charge in [0.2, 0.25) is 0 Å². The van der Waals surface area contributed by atoms with Gasteiger partial charge in [0.05, 0.1) is 29.3 Å². The van der Waals surface area contributed by atoms with Gasteiger partial charge in [-0.2, -0.15) is 0 Å². The zero-order valence-electron chi connectivity index (χ0n) is 9.85. The maximum Gasteiger partial charge on any atom is 0.337 e. The highest BCUT2D eigenvalue weighted by Gasteiger charge is 2.28. The predicted octanol–water partition coefficient (Wildman–Crippen LogP) is 0.979. The van der Waals surface area contributed by atoms with Crippen LogP contribution in [0.15, 0.2) is 12.3 Å². The normalized spacial score (nSPS) is 11.3. The fraction of sp³-hybridized carbons (Fsp3) is 0.455. The third kappa shape index (κ3) is 2.90. The average molecular weight is 275 g/mol. The lowest BCUT2D eigenvalue weighted by atomic mass is 9.98. The van der Waals surface area contributed by atoms with Crippen molar-refractivity contribution in [2.45, 2.75) is 18.9 Å². The van der Waals surface area contributed by atoms with Crippen LogP contribution in [0.25, 0.3) is 0 Å². The van der Waals surface area contributed by atoms with Crippen LogP contribution in [0.3, 0.4) is 0 Å². The molecule has 0 unspecified atom stereocenters. The van der Waals surface area contributed by atoms with Gasteiger partial charge in [-0.25, -0.2) is 9.78 Å². The van der Waals surface area contributed by atoms with Gasteiger partial charge in [-0.3, -0.25) is 0 Å². The van der Waals surface area contributed by atoms with E-state index >= 15 is 0 Å². The van der Waals surface area contributed by atoms with Crippen molar-refractivity contribution in [3.63, 3.8) is 0 Å². The van der Waals surface area contributed by atoms with Crippen molar-refractivity contribution in [3.05, 3.63) is 22.8 Å². The van der Waals surface area contributed by atoms with Crippen LogP contribution >= 0.6 is 11.6 Å². The van der Waals surface area contributed by atoms with E-state index in [0.29, 0.717) is 6.42 Å². The monoisotopic (exact) mass is 274 g/mol. The van der Waals surface area contributed by atoms with Crippen molar-refractivity contribution in [1.82, 2.24) is 4.98 Å². The minimum Gasteiger partial charge on any atom is -0.478 e. The molecule has 0 fully saturated rings. The third-order valence-electron chi connectivity index (χ3n) is 2.79. The summed E-state index contributed by atoms with van der Waals surface area (Å²) < 4.78 is 0. The van der Waals surface area contributed by atoms with Crippen LogP contribution in [0.2, 0.25) is 5.02 Å². The Bertz CT molecular complexity index is 427. The number of carboxylic acids is 1. The van der Waals surface area contributed by atoms with Crippen LogP contribution in [0, 0.1) is 0 Å². The summed E-state index contributed by atoms with van der Waals surface area (Å²) in [5.41, 5.74) is -1.07. The number of nitrogens with zero attached hydrogens (tertiary/aromatic N) is 1. The van der Waals surface area contributed by atoms with Gasteiger partial charge < -0.3 is 20.6 Å². The molecule has 0 amide bonds. The number of aromatic nitrogens is 1. The average Bonchev–Trinajstić information content (AvgIpc) is 2.38. The number of aromatic carboxylic acids is 1. The Balaban J connectivity index is 3.11. The SMILES string of the molecule is CCC(CO)(CO)Nc1nccc(C(=O)O)c1Cl. The molecule has 0 bridgehead atoms. The van der Waals surface area contributed by atoms with E-state index < -0.39 is 11.5 Å². The first-order valence-electron chi connectivity index (χ1n) is 5.37. The Hall–Kier alpha value is -1.37. The lowest BCUT2D eigenvalue weighted by Crippen LogP contribution is -2.45. The highest BCUT2D eigenvalue weighted by atomic mass is 35.5. The molecule has 1 aromatic rings. The van der Waals surface area contributed by atoms with Crippen molar-refractivity contribution in [2.24, 2.45) is 0 Å². The van der Waals surface area contributed by atoms with Gasteiger partial charge in [-0.15, -0.1) is 0 Å². The summed E-state index contributed by atoms with van der Waals surface area (Å²) in [4.78, 5) is 14.8. The number of hydrogen-bond acceptors (Lipinski definition) is 5. The van der Waals surface area contributed by atoms with E-state index in [1.165, 1.54) is 12.3 Å². The second kappa shape index (κ2) is 5.99. The molecular formula is C11H15ClN2O4. The zero-order valence-corrected chi connectivity index (χ0v) is 10.6. The minimum absolute atomic E-state index is 0.0512. The highest BCUT2D eigenvalue weighted by molar-refractivity contribution is 6.35. The molecule has 0 saturated heterocycles. The van der Waals surface area contributed by atoms with Crippen molar-refractivity contribution in [1.29, 1.82) is 0 Å². The molecule has 4 N–H and O–H groups in total. The fourth-order valence-corrected chi connectivity index (χ4v) is 1.63. The molecule has 7 heteroatoms. The van der Waals surface area contributed by atoms with Crippen LogP contribution in [0.4, 0.5) is 5.82 Å². The Morgan fingerprint density at radius 2 is 2.11 bits per heavy atom. The number of rotatable bonds is 6. The molecule has 1 heterocycles. The van der Waals surface area contributed by atoms with Gasteiger partial charge in [0.1, 0.15) is 5.82 Å². The first-order chi connectivity index (χ1) is 8.49. The van der Waals surface area contributed by atoms with Crippen LogP contribution in [-0.2, 0) is 0 Å². The summed E-state index contributed by atoms with van der Waals surface area (Å²) in [6.07, 6.45) is 1.72. The highest BCUT2D eigenvalue weighted by Crippen LogP contribution is 2.27. The molecule has 0 aliphatic heterocycles. The number of anilines is 1. The summed E-state index contributed by atoms with van der Waals surface area (Å²) in [7, 11) is 0. The molecule has 18 heavy (non-hydrogen) atoms. The number of halogens is 1. The van der Waals surface area contributed by atoms with Crippen molar-refractivity contribution in [3.8, 4) is 0 Å². The van der Waals surface area contributed by atoms with Gasteiger partial charge in [0.15, 0.2) is 0 Å². The first-order valence-corrected chi connectivity index (χ1v) is 5.75. The zero-order chi connectivity index (χ0) is 13.8. The second-order valence-corrected chi connectivity index (χ2v) is 4.28. The molecule has 0 aliphatic carbocycles. The Morgan fingerprint density at radius 1 is 1.50 bits per heavy atom. The van der Waals surface area contributed by atoms with Crippen LogP contribution in [-0.4, -0.2) is 45.0 Å². The van der Waals surface area contributed by atoms with E-state index in [0.717, 1.165) is 0 Å². The van der Waals surface area contributed by atoms with E-state index in [4.69, 9.17) is 16.7 Å². The summed E-state index contributed by atoms with van der Waals surface area (Å²) in [5, 5.41) is 30.3. The van der Waals surface area contributed by atoms with Crippen LogP contribution in [0.1, 0.15) is 23.7 Å². The van der Waals surface area contributed by atoms with E-state index in [-0.39, 0.29) is 29.6 Å². The Morgan fingerprint density at radius 3 is 2.56 bits per heavy atom. The van der Waals surface area contributed by atoms with Crippen molar-refractivity contribution in [2.75, 3.05) is 18.5 Å². The standard InChI is InChI=1S/C11H15ClN2O4/c1-2-11(5-15,6-16)14-9-8(12)7(10(17)18)3-4-13-9/h3-4,15-16H,2,5-6H2,1H3,(H,13,14)(H,17,18). The number of aliphatic hydroxyl groups is 2. The summed E-state index contributed by atoms with van der Waals surface area (Å²) >= 11 is 5.91. The number of carbonyl (C=O) groups is 1. The molecule has 0 aliphatic rings. The summed E-state index contributed by atoms with van der Waals surface area (Å²) in [6, 6.07) is 1.28. The van der Waals surface area contributed by atoms with Crippen molar-refractivity contribution < 1.29 is 20.1 Å². The molecule has 1 rings (SSSR count). The van der Waals surface area contributed by atoms with E-state index in [9.17, 15) is 15.0 Å². The molecule has 0 spiro atoms. The molecule has 0 atom stereocenters. The topological polar surface area (TPSA) is 103 Å². The molecule has 0 radical (unpaired) electrons. The molecule has 1 aromatic heterocycles. The quantitative estimate of drug-likeness (QED) is 0.617. The number of nitrogens with one attached hydrogen (secondary N) is 1.